The molecule has 1 amide bonds. The van der Waals surface area contributed by atoms with Crippen molar-refractivity contribution in [2.75, 3.05) is 37.6 Å². The summed E-state index contributed by atoms with van der Waals surface area (Å²) in [4.78, 5) is 26.3. The maximum absolute atomic E-state index is 14.1. The molecule has 2 N–H and O–H groups in total. The fourth-order valence-electron chi connectivity index (χ4n) is 4.74. The van der Waals surface area contributed by atoms with Gasteiger partial charge in [0.15, 0.2) is 0 Å². The number of nitrogens with one attached hydrogen (secondary N) is 1. The number of benzene rings is 1. The van der Waals surface area contributed by atoms with E-state index in [4.69, 9.17) is 11.6 Å². The third-order valence-corrected chi connectivity index (χ3v) is 6.85. The summed E-state index contributed by atoms with van der Waals surface area (Å²) >= 11 is 5.86. The van der Waals surface area contributed by atoms with Crippen molar-refractivity contribution in [2.45, 2.75) is 51.2 Å². The molecule has 0 saturated carbocycles. The van der Waals surface area contributed by atoms with E-state index >= 15 is 0 Å². The van der Waals surface area contributed by atoms with Gasteiger partial charge in [0, 0.05) is 44.3 Å². The van der Waals surface area contributed by atoms with Crippen molar-refractivity contribution < 1.29 is 14.3 Å². The van der Waals surface area contributed by atoms with Gasteiger partial charge in [-0.2, -0.15) is 0 Å². The molecule has 1 saturated heterocycles. The largest absolute Gasteiger partial charge is 0.387 e. The lowest BCUT2D eigenvalue weighted by Gasteiger charge is -2.38. The summed E-state index contributed by atoms with van der Waals surface area (Å²) in [6.07, 6.45) is 1.62. The van der Waals surface area contributed by atoms with Crippen LogP contribution >= 0.6 is 11.6 Å². The van der Waals surface area contributed by atoms with Gasteiger partial charge in [-0.15, -0.1) is 0 Å². The number of fused-ring (bicyclic) bond motifs is 1. The van der Waals surface area contributed by atoms with E-state index in [0.717, 1.165) is 17.1 Å². The zero-order chi connectivity index (χ0) is 23.7. The van der Waals surface area contributed by atoms with Gasteiger partial charge in [-0.1, -0.05) is 38.4 Å². The lowest BCUT2D eigenvalue weighted by atomic mass is 9.96. The normalized spacial score (nSPS) is 21.4. The number of anilines is 1. The molecule has 1 unspecified atom stereocenters. The van der Waals surface area contributed by atoms with E-state index in [0.29, 0.717) is 44.7 Å². The molecule has 2 heterocycles. The molecular weight excluding hydrogens is 445 g/mol. The molecule has 9 heteroatoms. The van der Waals surface area contributed by atoms with Crippen LogP contribution in [-0.4, -0.2) is 64.6 Å². The monoisotopic (exact) mass is 475 g/mol. The molecular formula is C24H31ClFN5O2. The van der Waals surface area contributed by atoms with Crippen LogP contribution in [-0.2, 0) is 4.79 Å². The van der Waals surface area contributed by atoms with Crippen LogP contribution in [0.25, 0.3) is 0 Å². The third-order valence-electron chi connectivity index (χ3n) is 6.54. The second kappa shape index (κ2) is 9.91. The van der Waals surface area contributed by atoms with Crippen molar-refractivity contribution >= 4 is 23.3 Å². The van der Waals surface area contributed by atoms with Gasteiger partial charge in [-0.3, -0.25) is 4.79 Å². The van der Waals surface area contributed by atoms with Gasteiger partial charge in [0.1, 0.15) is 18.0 Å². The number of nitrogens with zero attached hydrogens (tertiary/aromatic N) is 4. The summed E-state index contributed by atoms with van der Waals surface area (Å²) in [5.41, 5.74) is 2.35. The number of halogens is 2. The Balaban J connectivity index is 1.49. The standard InChI is InChI=1S/C24H31ClFN5O2/c1-14(2)27-12-17(16-4-5-18(25)19(26)11-16)24(33)31-8-6-30(7-9-31)23-21-15(3)10-20(32)22(21)28-13-29-23/h4-5,11,13-15,17,20,27,32H,6-10,12H2,1-3H3/t15?,17-,20-/m1/s1. The van der Waals surface area contributed by atoms with Crippen LogP contribution in [0.1, 0.15) is 62.0 Å². The minimum Gasteiger partial charge on any atom is -0.387 e. The first-order chi connectivity index (χ1) is 15.8. The molecule has 3 atom stereocenters. The molecule has 1 aromatic carbocycles. The number of amides is 1. The molecule has 0 spiro atoms. The summed E-state index contributed by atoms with van der Waals surface area (Å²) in [5, 5.41) is 13.6. The Kier molecular flexibility index (Phi) is 7.16. The van der Waals surface area contributed by atoms with Crippen molar-refractivity contribution in [2.24, 2.45) is 0 Å². The molecule has 0 radical (unpaired) electrons. The molecule has 1 fully saturated rings. The van der Waals surface area contributed by atoms with E-state index in [2.05, 4.69) is 27.1 Å². The van der Waals surface area contributed by atoms with Crippen LogP contribution in [0.2, 0.25) is 5.02 Å². The quantitative estimate of drug-likeness (QED) is 0.667. The number of carbonyl (C=O) groups is 1. The highest BCUT2D eigenvalue weighted by Crippen LogP contribution is 2.42. The SMILES string of the molecule is CC(C)NC[C@@H](C(=O)N1CCN(c2ncnc3c2C(C)C[C@H]3O)CC1)c1ccc(Cl)c(F)c1. The molecule has 2 aliphatic rings. The second-order valence-corrected chi connectivity index (χ2v) is 9.66. The van der Waals surface area contributed by atoms with Gasteiger partial charge in [-0.05, 0) is 30.0 Å². The highest BCUT2D eigenvalue weighted by molar-refractivity contribution is 6.30. The van der Waals surface area contributed by atoms with Crippen LogP contribution in [0, 0.1) is 5.82 Å². The van der Waals surface area contributed by atoms with Crippen molar-refractivity contribution in [3.8, 4) is 0 Å². The maximum atomic E-state index is 14.1. The fourth-order valence-corrected chi connectivity index (χ4v) is 4.86. The topological polar surface area (TPSA) is 81.6 Å². The van der Waals surface area contributed by atoms with Gasteiger partial charge in [-0.25, -0.2) is 14.4 Å². The first kappa shape index (κ1) is 23.9. The van der Waals surface area contributed by atoms with E-state index in [-0.39, 0.29) is 22.9 Å². The molecule has 33 heavy (non-hydrogen) atoms. The van der Waals surface area contributed by atoms with Gasteiger partial charge in [0.05, 0.1) is 22.7 Å². The molecule has 4 rings (SSSR count). The summed E-state index contributed by atoms with van der Waals surface area (Å²) in [6.45, 7) is 8.90. The van der Waals surface area contributed by atoms with Gasteiger partial charge >= 0.3 is 0 Å². The number of hydrogen-bond donors (Lipinski definition) is 2. The van der Waals surface area contributed by atoms with Crippen LogP contribution < -0.4 is 10.2 Å². The smallest absolute Gasteiger partial charge is 0.231 e. The number of aliphatic hydroxyl groups is 1. The number of hydrogen-bond acceptors (Lipinski definition) is 6. The molecule has 1 aliphatic heterocycles. The average Bonchev–Trinajstić information content (AvgIpc) is 3.09. The molecule has 7 nitrogen and oxygen atoms in total. The predicted molar refractivity (Wildman–Crippen MR) is 126 cm³/mol. The number of rotatable bonds is 6. The van der Waals surface area contributed by atoms with E-state index in [1.54, 1.807) is 6.07 Å². The van der Waals surface area contributed by atoms with Crippen LogP contribution in [0.5, 0.6) is 0 Å². The van der Waals surface area contributed by atoms with Gasteiger partial charge in [0.2, 0.25) is 5.91 Å². The zero-order valence-electron chi connectivity index (χ0n) is 19.3. The van der Waals surface area contributed by atoms with Crippen LogP contribution in [0.15, 0.2) is 24.5 Å². The van der Waals surface area contributed by atoms with Crippen molar-refractivity contribution in [3.05, 3.63) is 52.2 Å². The molecule has 2 aromatic rings. The van der Waals surface area contributed by atoms with Gasteiger partial charge < -0.3 is 20.2 Å². The van der Waals surface area contributed by atoms with E-state index in [9.17, 15) is 14.3 Å². The van der Waals surface area contributed by atoms with E-state index in [1.165, 1.54) is 18.5 Å². The van der Waals surface area contributed by atoms with Crippen molar-refractivity contribution in [3.63, 3.8) is 0 Å². The Bertz CT molecular complexity index is 1010. The summed E-state index contributed by atoms with van der Waals surface area (Å²) in [5.74, 6) is 0.00627. The number of aromatic nitrogens is 2. The second-order valence-electron chi connectivity index (χ2n) is 9.25. The highest BCUT2D eigenvalue weighted by atomic mass is 35.5. The summed E-state index contributed by atoms with van der Waals surface area (Å²) in [7, 11) is 0. The minimum atomic E-state index is -0.548. The van der Waals surface area contributed by atoms with Crippen LogP contribution in [0.4, 0.5) is 10.2 Å². The molecule has 0 bridgehead atoms. The lowest BCUT2D eigenvalue weighted by Crippen LogP contribution is -2.51. The first-order valence-corrected chi connectivity index (χ1v) is 11.9. The number of aliphatic hydroxyl groups excluding tert-OH is 1. The molecule has 1 aromatic heterocycles. The zero-order valence-corrected chi connectivity index (χ0v) is 20.0. The van der Waals surface area contributed by atoms with Crippen molar-refractivity contribution in [1.82, 2.24) is 20.2 Å². The average molecular weight is 476 g/mol. The number of piperazine rings is 1. The Morgan fingerprint density at radius 1 is 1.27 bits per heavy atom. The molecule has 1 aliphatic carbocycles. The lowest BCUT2D eigenvalue weighted by molar-refractivity contribution is -0.133. The third kappa shape index (κ3) is 4.98. The van der Waals surface area contributed by atoms with Crippen LogP contribution in [0.3, 0.4) is 0 Å². The Morgan fingerprint density at radius 2 is 2.00 bits per heavy atom. The number of carbonyl (C=O) groups excluding carboxylic acids is 1. The Morgan fingerprint density at radius 3 is 2.67 bits per heavy atom. The van der Waals surface area contributed by atoms with Crippen molar-refractivity contribution in [1.29, 1.82) is 0 Å². The maximum Gasteiger partial charge on any atom is 0.231 e. The first-order valence-electron chi connectivity index (χ1n) is 11.5. The minimum absolute atomic E-state index is 0.0266. The summed E-state index contributed by atoms with van der Waals surface area (Å²) < 4.78 is 14.1. The van der Waals surface area contributed by atoms with E-state index in [1.807, 2.05) is 18.7 Å². The highest BCUT2D eigenvalue weighted by Gasteiger charge is 2.35. The Hall–Kier alpha value is -2.29. The fraction of sp³-hybridized carbons (Fsp3) is 0.542. The van der Waals surface area contributed by atoms with Gasteiger partial charge in [0.25, 0.3) is 0 Å². The molecule has 178 valence electrons. The summed E-state index contributed by atoms with van der Waals surface area (Å²) in [6, 6.07) is 4.79. The predicted octanol–water partition coefficient (Wildman–Crippen LogP) is 3.24. The Labute approximate surface area is 199 Å². The van der Waals surface area contributed by atoms with E-state index < -0.39 is 17.8 Å².